The molecule has 0 radical (unpaired) electrons. The number of aromatic amines is 1. The molecule has 7 nitrogen and oxygen atoms in total. The first kappa shape index (κ1) is 21.1. The van der Waals surface area contributed by atoms with Gasteiger partial charge < -0.3 is 5.32 Å². The number of benzene rings is 1. The molecule has 4 aromatic rings. The van der Waals surface area contributed by atoms with E-state index < -0.39 is 17.6 Å². The molecule has 33 heavy (non-hydrogen) atoms. The van der Waals surface area contributed by atoms with Gasteiger partial charge in [-0.15, -0.1) is 0 Å². The van der Waals surface area contributed by atoms with Crippen LogP contribution in [-0.2, 0) is 12.7 Å². The van der Waals surface area contributed by atoms with Crippen molar-refractivity contribution in [2.24, 2.45) is 0 Å². The molecule has 1 aliphatic heterocycles. The minimum Gasteiger partial charge on any atom is -0.305 e. The predicted octanol–water partition coefficient (Wildman–Crippen LogP) is 4.50. The molecule has 5 rings (SSSR count). The Kier molecular flexibility index (Phi) is 5.29. The molecular weight excluding hydrogens is 433 g/mol. The van der Waals surface area contributed by atoms with Gasteiger partial charge in [0, 0.05) is 36.1 Å². The third-order valence-electron chi connectivity index (χ3n) is 5.59. The van der Waals surface area contributed by atoms with Crippen molar-refractivity contribution in [3.63, 3.8) is 0 Å². The summed E-state index contributed by atoms with van der Waals surface area (Å²) in [6.45, 7) is 3.04. The average Bonchev–Trinajstić information content (AvgIpc) is 3.20. The number of nitrogens with zero attached hydrogens (tertiary/aromatic N) is 4. The number of likely N-dealkylation sites (tertiary alicyclic amines) is 1. The van der Waals surface area contributed by atoms with Crippen LogP contribution in [0, 0.1) is 0 Å². The second kappa shape index (κ2) is 8.28. The van der Waals surface area contributed by atoms with Crippen LogP contribution in [0.25, 0.3) is 22.0 Å². The minimum absolute atomic E-state index is 0.00296. The summed E-state index contributed by atoms with van der Waals surface area (Å²) in [5.41, 5.74) is 2.81. The number of alkyl halides is 3. The fourth-order valence-corrected chi connectivity index (χ4v) is 3.71. The van der Waals surface area contributed by atoms with E-state index in [1.54, 1.807) is 6.20 Å². The number of carbonyl (C=O) groups is 1. The van der Waals surface area contributed by atoms with E-state index in [0.29, 0.717) is 17.1 Å². The number of nitrogens with one attached hydrogen (secondary N) is 2. The Balaban J connectivity index is 1.39. The van der Waals surface area contributed by atoms with Crippen molar-refractivity contribution < 1.29 is 18.0 Å². The zero-order valence-corrected chi connectivity index (χ0v) is 17.4. The highest BCUT2D eigenvalue weighted by atomic mass is 19.4. The maximum absolute atomic E-state index is 12.8. The highest BCUT2D eigenvalue weighted by Crippen LogP contribution is 2.29. The molecule has 1 fully saturated rings. The third-order valence-corrected chi connectivity index (χ3v) is 5.59. The molecule has 0 unspecified atom stereocenters. The normalized spacial score (nSPS) is 14.3. The molecule has 4 heterocycles. The molecule has 1 saturated heterocycles. The van der Waals surface area contributed by atoms with Gasteiger partial charge in [0.1, 0.15) is 5.82 Å². The number of halogens is 3. The zero-order valence-electron chi connectivity index (χ0n) is 17.4. The number of carbonyl (C=O) groups excluding carboxylic acids is 1. The molecule has 2 N–H and O–H groups in total. The Morgan fingerprint density at radius 1 is 1.06 bits per heavy atom. The number of H-pyrrole nitrogens is 1. The fourth-order valence-electron chi connectivity index (χ4n) is 3.71. The van der Waals surface area contributed by atoms with Crippen molar-refractivity contribution in [1.82, 2.24) is 25.1 Å². The number of rotatable bonds is 5. The van der Waals surface area contributed by atoms with Gasteiger partial charge >= 0.3 is 6.18 Å². The summed E-state index contributed by atoms with van der Waals surface area (Å²) in [5, 5.41) is 9.99. The Labute approximate surface area is 186 Å². The molecule has 1 aromatic carbocycles. The van der Waals surface area contributed by atoms with E-state index in [2.05, 4.69) is 36.4 Å². The standard InChI is InChI=1S/C23H19F3N6O/c24-23(25,26)17-3-5-20(28-12-17)29-22(33)21-18-9-15(2-4-19(18)30-31-21)16-8-14(10-27-11-16)13-32-6-1-7-32/h2-5,8-12H,1,6-7,13H2,(H,30,31)(H,28,29,33). The van der Waals surface area contributed by atoms with E-state index in [-0.39, 0.29) is 11.5 Å². The van der Waals surface area contributed by atoms with Gasteiger partial charge in [-0.05, 0) is 61.0 Å². The van der Waals surface area contributed by atoms with Crippen molar-refractivity contribution >= 4 is 22.6 Å². The molecule has 10 heteroatoms. The van der Waals surface area contributed by atoms with Gasteiger partial charge in [-0.1, -0.05) is 6.07 Å². The summed E-state index contributed by atoms with van der Waals surface area (Å²) < 4.78 is 38.2. The first-order valence-corrected chi connectivity index (χ1v) is 10.4. The Hall–Kier alpha value is -3.79. The smallest absolute Gasteiger partial charge is 0.305 e. The second-order valence-corrected chi connectivity index (χ2v) is 7.93. The molecule has 0 spiro atoms. The van der Waals surface area contributed by atoms with Crippen molar-refractivity contribution in [2.75, 3.05) is 18.4 Å². The van der Waals surface area contributed by atoms with Gasteiger partial charge in [0.2, 0.25) is 0 Å². The van der Waals surface area contributed by atoms with Crippen LogP contribution in [0.15, 0.2) is 55.0 Å². The van der Waals surface area contributed by atoms with Gasteiger partial charge in [0.15, 0.2) is 5.69 Å². The zero-order chi connectivity index (χ0) is 23.0. The molecule has 0 bridgehead atoms. The number of aromatic nitrogens is 4. The van der Waals surface area contributed by atoms with Crippen LogP contribution < -0.4 is 5.32 Å². The quantitative estimate of drug-likeness (QED) is 0.466. The van der Waals surface area contributed by atoms with E-state index >= 15 is 0 Å². The topological polar surface area (TPSA) is 86.8 Å². The Morgan fingerprint density at radius 2 is 1.91 bits per heavy atom. The van der Waals surface area contributed by atoms with Gasteiger partial charge in [-0.2, -0.15) is 18.3 Å². The van der Waals surface area contributed by atoms with Crippen molar-refractivity contribution in [2.45, 2.75) is 19.1 Å². The first-order valence-electron chi connectivity index (χ1n) is 10.4. The Morgan fingerprint density at radius 3 is 2.61 bits per heavy atom. The highest BCUT2D eigenvalue weighted by Gasteiger charge is 2.30. The number of anilines is 1. The van der Waals surface area contributed by atoms with E-state index in [1.807, 2.05) is 24.4 Å². The van der Waals surface area contributed by atoms with Gasteiger partial charge in [0.05, 0.1) is 11.1 Å². The van der Waals surface area contributed by atoms with E-state index in [9.17, 15) is 18.0 Å². The lowest BCUT2D eigenvalue weighted by atomic mass is 10.0. The third kappa shape index (κ3) is 4.42. The molecular formula is C23H19F3N6O. The number of hydrogen-bond acceptors (Lipinski definition) is 5. The number of hydrogen-bond donors (Lipinski definition) is 2. The van der Waals surface area contributed by atoms with E-state index in [0.717, 1.165) is 48.5 Å². The average molecular weight is 452 g/mol. The lowest BCUT2D eigenvalue weighted by Gasteiger charge is -2.30. The molecule has 1 amide bonds. The molecule has 168 valence electrons. The lowest BCUT2D eigenvalue weighted by Crippen LogP contribution is -2.36. The summed E-state index contributed by atoms with van der Waals surface area (Å²) in [5.74, 6) is -0.571. The Bertz CT molecular complexity index is 1310. The lowest BCUT2D eigenvalue weighted by molar-refractivity contribution is -0.137. The van der Waals surface area contributed by atoms with Crippen LogP contribution in [0.1, 0.15) is 28.0 Å². The van der Waals surface area contributed by atoms with Crippen molar-refractivity contribution in [3.8, 4) is 11.1 Å². The summed E-state index contributed by atoms with van der Waals surface area (Å²) in [7, 11) is 0. The van der Waals surface area contributed by atoms with Crippen molar-refractivity contribution in [1.29, 1.82) is 0 Å². The summed E-state index contributed by atoms with van der Waals surface area (Å²) in [4.78, 5) is 23.1. The van der Waals surface area contributed by atoms with E-state index in [1.165, 1.54) is 6.42 Å². The summed E-state index contributed by atoms with van der Waals surface area (Å²) in [6, 6.07) is 9.65. The monoisotopic (exact) mass is 452 g/mol. The summed E-state index contributed by atoms with van der Waals surface area (Å²) in [6.07, 6.45) is 1.03. The first-order chi connectivity index (χ1) is 15.9. The number of fused-ring (bicyclic) bond motifs is 1. The van der Waals surface area contributed by atoms with Gasteiger partial charge in [-0.3, -0.25) is 19.8 Å². The largest absolute Gasteiger partial charge is 0.417 e. The highest BCUT2D eigenvalue weighted by molar-refractivity contribution is 6.11. The molecule has 0 atom stereocenters. The van der Waals surface area contributed by atoms with Gasteiger partial charge in [0.25, 0.3) is 5.91 Å². The van der Waals surface area contributed by atoms with Crippen LogP contribution in [-0.4, -0.2) is 44.1 Å². The maximum Gasteiger partial charge on any atom is 0.417 e. The molecule has 3 aromatic heterocycles. The predicted molar refractivity (Wildman–Crippen MR) is 116 cm³/mol. The number of amides is 1. The SMILES string of the molecule is O=C(Nc1ccc(C(F)(F)F)cn1)c1n[nH]c2ccc(-c3cncc(CN4CCC4)c3)cc12. The van der Waals surface area contributed by atoms with Crippen LogP contribution in [0.3, 0.4) is 0 Å². The second-order valence-electron chi connectivity index (χ2n) is 7.93. The maximum atomic E-state index is 12.8. The minimum atomic E-state index is -4.49. The fraction of sp³-hybridized carbons (Fsp3) is 0.217. The van der Waals surface area contributed by atoms with Crippen molar-refractivity contribution in [3.05, 3.63) is 71.8 Å². The molecule has 0 saturated carbocycles. The summed E-state index contributed by atoms with van der Waals surface area (Å²) >= 11 is 0. The molecule has 1 aliphatic rings. The van der Waals surface area contributed by atoms with E-state index in [4.69, 9.17) is 0 Å². The van der Waals surface area contributed by atoms with Crippen LogP contribution in [0.4, 0.5) is 19.0 Å². The number of pyridine rings is 2. The van der Waals surface area contributed by atoms with Gasteiger partial charge in [-0.25, -0.2) is 4.98 Å². The van der Waals surface area contributed by atoms with Crippen LogP contribution in [0.2, 0.25) is 0 Å². The molecule has 0 aliphatic carbocycles. The van der Waals surface area contributed by atoms with Crippen LogP contribution >= 0.6 is 0 Å². The van der Waals surface area contributed by atoms with Crippen LogP contribution in [0.5, 0.6) is 0 Å².